The zero-order chi connectivity index (χ0) is 26.0. The summed E-state index contributed by atoms with van der Waals surface area (Å²) in [6, 6.07) is 46.1. The zero-order valence-corrected chi connectivity index (χ0v) is 21.4. The highest BCUT2D eigenvalue weighted by Crippen LogP contribution is 2.42. The summed E-state index contributed by atoms with van der Waals surface area (Å²) in [7, 11) is 0. The lowest BCUT2D eigenvalue weighted by atomic mass is 10.0. The Labute approximate surface area is 228 Å². The van der Waals surface area contributed by atoms with E-state index in [4.69, 9.17) is 15.0 Å². The molecule has 1 aliphatic rings. The second kappa shape index (κ2) is 9.99. The molecule has 0 bridgehead atoms. The molecule has 0 radical (unpaired) electrons. The van der Waals surface area contributed by atoms with E-state index in [-0.39, 0.29) is 0 Å². The van der Waals surface area contributed by atoms with Crippen LogP contribution in [-0.4, -0.2) is 15.0 Å². The van der Waals surface area contributed by atoms with Gasteiger partial charge in [0, 0.05) is 33.8 Å². The molecule has 0 amide bonds. The van der Waals surface area contributed by atoms with E-state index >= 15 is 0 Å². The minimum atomic E-state index is 0.658. The van der Waals surface area contributed by atoms with Crippen molar-refractivity contribution in [3.63, 3.8) is 0 Å². The number of rotatable bonds is 4. The number of fused-ring (bicyclic) bond motifs is 2. The van der Waals surface area contributed by atoms with Crippen LogP contribution in [-0.2, 0) is 12.8 Å². The Morgan fingerprint density at radius 3 is 1.23 bits per heavy atom. The first-order valence-electron chi connectivity index (χ1n) is 13.3. The van der Waals surface area contributed by atoms with Gasteiger partial charge in [0.25, 0.3) is 0 Å². The minimum absolute atomic E-state index is 0.658. The standard InChI is InChI=1S/C35H26N4/c1-3-13-27(14-4-1)33-36-34(28-15-5-2-6-16-28)38-35(37-33)29-21-23-30(24-22-29)39-31-17-9-7-11-25(31)19-20-26-12-8-10-18-32(26)39/h1-18,21-24H,19-20H2. The molecule has 6 aromatic rings. The van der Waals surface area contributed by atoms with Gasteiger partial charge in [-0.3, -0.25) is 0 Å². The summed E-state index contributed by atoms with van der Waals surface area (Å²) in [5.41, 5.74) is 9.17. The van der Waals surface area contributed by atoms with Crippen LogP contribution in [0, 0.1) is 0 Å². The minimum Gasteiger partial charge on any atom is -0.310 e. The van der Waals surface area contributed by atoms with Crippen molar-refractivity contribution in [1.29, 1.82) is 0 Å². The first-order chi connectivity index (χ1) is 19.3. The van der Waals surface area contributed by atoms with E-state index in [9.17, 15) is 0 Å². The SMILES string of the molecule is c1ccc(-c2nc(-c3ccccc3)nc(-c3ccc(N4c5ccccc5CCc5ccccc54)cc3)n2)cc1. The Hall–Kier alpha value is -5.09. The van der Waals surface area contributed by atoms with E-state index in [1.807, 2.05) is 60.7 Å². The van der Waals surface area contributed by atoms with E-state index in [1.54, 1.807) is 0 Å². The van der Waals surface area contributed by atoms with E-state index in [2.05, 4.69) is 77.7 Å². The molecule has 4 heteroatoms. The number of aromatic nitrogens is 3. The van der Waals surface area contributed by atoms with Crippen LogP contribution in [0.3, 0.4) is 0 Å². The third kappa shape index (κ3) is 4.47. The Kier molecular flexibility index (Phi) is 5.91. The van der Waals surface area contributed by atoms with Gasteiger partial charge < -0.3 is 4.90 Å². The van der Waals surface area contributed by atoms with Gasteiger partial charge in [-0.1, -0.05) is 97.1 Å². The maximum atomic E-state index is 4.89. The highest BCUT2D eigenvalue weighted by molar-refractivity contribution is 5.82. The van der Waals surface area contributed by atoms with Crippen LogP contribution in [0.15, 0.2) is 133 Å². The van der Waals surface area contributed by atoms with Crippen LogP contribution < -0.4 is 4.90 Å². The zero-order valence-electron chi connectivity index (χ0n) is 21.4. The fourth-order valence-electron chi connectivity index (χ4n) is 5.26. The van der Waals surface area contributed by atoms with Gasteiger partial charge in [-0.25, -0.2) is 15.0 Å². The summed E-state index contributed by atoms with van der Waals surface area (Å²) in [5.74, 6) is 1.99. The molecule has 5 aromatic carbocycles. The maximum absolute atomic E-state index is 4.89. The number of para-hydroxylation sites is 2. The maximum Gasteiger partial charge on any atom is 0.164 e. The number of nitrogens with zero attached hydrogens (tertiary/aromatic N) is 4. The van der Waals surface area contributed by atoms with Gasteiger partial charge in [-0.15, -0.1) is 0 Å². The summed E-state index contributed by atoms with van der Waals surface area (Å²) in [6.45, 7) is 0. The summed E-state index contributed by atoms with van der Waals surface area (Å²) < 4.78 is 0. The lowest BCUT2D eigenvalue weighted by Gasteiger charge is -2.27. The molecule has 0 atom stereocenters. The van der Waals surface area contributed by atoms with E-state index in [0.717, 1.165) is 35.2 Å². The second-order valence-electron chi connectivity index (χ2n) is 9.68. The van der Waals surface area contributed by atoms with Crippen molar-refractivity contribution >= 4 is 17.1 Å². The predicted molar refractivity (Wildman–Crippen MR) is 158 cm³/mol. The van der Waals surface area contributed by atoms with E-state index < -0.39 is 0 Å². The van der Waals surface area contributed by atoms with Crippen LogP contribution in [0.25, 0.3) is 34.2 Å². The van der Waals surface area contributed by atoms with Gasteiger partial charge >= 0.3 is 0 Å². The Morgan fingerprint density at radius 2 is 0.769 bits per heavy atom. The molecule has 2 heterocycles. The second-order valence-corrected chi connectivity index (χ2v) is 9.68. The monoisotopic (exact) mass is 502 g/mol. The lowest BCUT2D eigenvalue weighted by Crippen LogP contribution is -2.11. The van der Waals surface area contributed by atoms with Crippen molar-refractivity contribution in [2.75, 3.05) is 4.90 Å². The Morgan fingerprint density at radius 1 is 0.385 bits per heavy atom. The summed E-state index contributed by atoms with van der Waals surface area (Å²) >= 11 is 0. The molecule has 4 nitrogen and oxygen atoms in total. The predicted octanol–water partition coefficient (Wildman–Crippen LogP) is 8.44. The van der Waals surface area contributed by atoms with Crippen molar-refractivity contribution < 1.29 is 0 Å². The van der Waals surface area contributed by atoms with Crippen molar-refractivity contribution in [2.45, 2.75) is 12.8 Å². The lowest BCUT2D eigenvalue weighted by molar-refractivity contribution is 0.977. The molecule has 186 valence electrons. The van der Waals surface area contributed by atoms with Gasteiger partial charge in [-0.2, -0.15) is 0 Å². The fourth-order valence-corrected chi connectivity index (χ4v) is 5.26. The van der Waals surface area contributed by atoms with Crippen molar-refractivity contribution in [3.05, 3.63) is 145 Å². The van der Waals surface area contributed by atoms with Crippen molar-refractivity contribution in [3.8, 4) is 34.2 Å². The highest BCUT2D eigenvalue weighted by Gasteiger charge is 2.22. The third-order valence-electron chi connectivity index (χ3n) is 7.21. The van der Waals surface area contributed by atoms with E-state index in [0.29, 0.717) is 17.5 Å². The van der Waals surface area contributed by atoms with Crippen LogP contribution in [0.2, 0.25) is 0 Å². The van der Waals surface area contributed by atoms with Crippen molar-refractivity contribution in [2.24, 2.45) is 0 Å². The molecule has 0 spiro atoms. The molecule has 1 aliphatic heterocycles. The first-order valence-corrected chi connectivity index (χ1v) is 13.3. The highest BCUT2D eigenvalue weighted by atomic mass is 15.1. The molecule has 0 saturated heterocycles. The van der Waals surface area contributed by atoms with E-state index in [1.165, 1.54) is 22.5 Å². The quantitative estimate of drug-likeness (QED) is 0.243. The normalized spacial score (nSPS) is 12.4. The van der Waals surface area contributed by atoms with Gasteiger partial charge in [0.15, 0.2) is 17.5 Å². The number of benzene rings is 5. The van der Waals surface area contributed by atoms with Crippen molar-refractivity contribution in [1.82, 2.24) is 15.0 Å². The van der Waals surface area contributed by atoms with Gasteiger partial charge in [0.2, 0.25) is 0 Å². The molecular formula is C35H26N4. The number of aryl methyl sites for hydroxylation is 2. The molecule has 7 rings (SSSR count). The molecule has 0 N–H and O–H groups in total. The summed E-state index contributed by atoms with van der Waals surface area (Å²) in [4.78, 5) is 17.0. The molecular weight excluding hydrogens is 476 g/mol. The number of hydrogen-bond acceptors (Lipinski definition) is 4. The van der Waals surface area contributed by atoms with Crippen LogP contribution in [0.5, 0.6) is 0 Å². The summed E-state index contributed by atoms with van der Waals surface area (Å²) in [6.07, 6.45) is 2.05. The fraction of sp³-hybridized carbons (Fsp3) is 0.0571. The van der Waals surface area contributed by atoms with Crippen LogP contribution >= 0.6 is 0 Å². The molecule has 0 fully saturated rings. The summed E-state index contributed by atoms with van der Waals surface area (Å²) in [5, 5.41) is 0. The largest absolute Gasteiger partial charge is 0.310 e. The average molecular weight is 503 g/mol. The topological polar surface area (TPSA) is 41.9 Å². The molecule has 0 aliphatic carbocycles. The number of anilines is 3. The molecule has 39 heavy (non-hydrogen) atoms. The Balaban J connectivity index is 1.33. The number of hydrogen-bond donors (Lipinski definition) is 0. The first kappa shape index (κ1) is 23.1. The van der Waals surface area contributed by atoms with Crippen LogP contribution in [0.4, 0.5) is 17.1 Å². The average Bonchev–Trinajstić information content (AvgIpc) is 3.19. The molecule has 1 aromatic heterocycles. The smallest absolute Gasteiger partial charge is 0.164 e. The molecule has 0 saturated carbocycles. The van der Waals surface area contributed by atoms with Gasteiger partial charge in [0.1, 0.15) is 0 Å². The Bertz CT molecular complexity index is 1640. The van der Waals surface area contributed by atoms with Gasteiger partial charge in [-0.05, 0) is 60.4 Å². The third-order valence-corrected chi connectivity index (χ3v) is 7.21. The van der Waals surface area contributed by atoms with Crippen LogP contribution in [0.1, 0.15) is 11.1 Å². The molecule has 0 unspecified atom stereocenters. The van der Waals surface area contributed by atoms with Gasteiger partial charge in [0.05, 0.1) is 0 Å².